The normalized spacial score (nSPS) is 11.1. The highest BCUT2D eigenvalue weighted by Gasteiger charge is 2.33. The molecule has 2 N–H and O–H groups in total. The maximum absolute atomic E-state index is 12.6. The first-order valence-electron chi connectivity index (χ1n) is 13.8. The first-order chi connectivity index (χ1) is 21.8. The van der Waals surface area contributed by atoms with E-state index < -0.39 is 28.2 Å². The molecule has 0 spiro atoms. The third kappa shape index (κ3) is 10.5. The van der Waals surface area contributed by atoms with Crippen molar-refractivity contribution in [2.24, 2.45) is 0 Å². The number of unbranched alkanes of at least 4 members (excludes halogenated alkanes) is 5. The molecule has 0 fully saturated rings. The average molecular weight is 720 g/mol. The van der Waals surface area contributed by atoms with Crippen molar-refractivity contribution in [2.75, 3.05) is 11.5 Å². The lowest BCUT2D eigenvalue weighted by Crippen LogP contribution is -2.08. The fourth-order valence-corrected chi connectivity index (χ4v) is 5.43. The van der Waals surface area contributed by atoms with Gasteiger partial charge in [0.15, 0.2) is 10.9 Å². The molecule has 46 heavy (non-hydrogen) atoms. The first-order valence-corrected chi connectivity index (χ1v) is 15.9. The zero-order chi connectivity index (χ0) is 33.9. The maximum Gasteiger partial charge on any atom is 0.416 e. The molecule has 10 nitrogen and oxygen atoms in total. The second kappa shape index (κ2) is 17.4. The molecule has 2 heterocycles. The van der Waals surface area contributed by atoms with Gasteiger partial charge >= 0.3 is 17.2 Å². The Morgan fingerprint density at radius 3 is 2.24 bits per heavy atom. The lowest BCUT2D eigenvalue weighted by atomic mass is 10.1. The molecule has 246 valence electrons. The zero-order valence-corrected chi connectivity index (χ0v) is 27.4. The fourth-order valence-electron chi connectivity index (χ4n) is 3.98. The smallest absolute Gasteiger partial charge is 0.416 e. The van der Waals surface area contributed by atoms with Crippen molar-refractivity contribution >= 4 is 63.4 Å². The highest BCUT2D eigenvalue weighted by molar-refractivity contribution is 8.13. The molecule has 0 unspecified atom stereocenters. The van der Waals surface area contributed by atoms with Gasteiger partial charge in [-0.05, 0) is 30.3 Å². The Morgan fingerprint density at radius 2 is 1.65 bits per heavy atom. The van der Waals surface area contributed by atoms with Gasteiger partial charge in [0.05, 0.1) is 20.5 Å². The summed E-state index contributed by atoms with van der Waals surface area (Å²) in [6.45, 7) is 2.20. The van der Waals surface area contributed by atoms with E-state index in [0.717, 1.165) is 35.0 Å². The van der Waals surface area contributed by atoms with Crippen molar-refractivity contribution in [3.63, 3.8) is 0 Å². The average Bonchev–Trinajstić information content (AvgIpc) is 3.37. The molecule has 4 aromatic rings. The van der Waals surface area contributed by atoms with Gasteiger partial charge in [-0.15, -0.1) is 10.2 Å². The number of thioether (sulfide) groups is 1. The number of nitrogens with zero attached hydrogens (tertiary/aromatic N) is 5. The number of ether oxygens (including phenoxy) is 1. The van der Waals surface area contributed by atoms with Crippen LogP contribution in [0.4, 0.5) is 29.5 Å². The number of carbonyl (C=O) groups is 1. The minimum absolute atomic E-state index is 0.170. The van der Waals surface area contributed by atoms with Gasteiger partial charge in [-0.2, -0.15) is 18.3 Å². The van der Waals surface area contributed by atoms with Gasteiger partial charge in [0.2, 0.25) is 5.82 Å². The van der Waals surface area contributed by atoms with Crippen LogP contribution in [0.15, 0.2) is 54.7 Å². The molecule has 0 amide bonds. The van der Waals surface area contributed by atoms with Gasteiger partial charge in [-0.1, -0.05) is 104 Å². The van der Waals surface area contributed by atoms with Crippen LogP contribution in [0, 0.1) is 10.1 Å². The molecule has 0 aliphatic heterocycles. The third-order valence-corrected chi connectivity index (χ3v) is 7.80. The Morgan fingerprint density at radius 1 is 1.02 bits per heavy atom. The SMILES string of the molecule is CCCCCCCCSC(=O)Oc1cc(Cl)nnc1-c1ccccc1.Nc1c([N+](=O)[O-])cnn1-c1c(Cl)cc(C(F)(F)F)cc1Cl. The van der Waals surface area contributed by atoms with Crippen molar-refractivity contribution in [1.29, 1.82) is 0 Å². The number of halogens is 6. The van der Waals surface area contributed by atoms with E-state index >= 15 is 0 Å². The molecule has 0 saturated carbocycles. The highest BCUT2D eigenvalue weighted by atomic mass is 35.5. The number of carbonyl (C=O) groups excluding carboxylic acids is 1. The van der Waals surface area contributed by atoms with E-state index in [1.54, 1.807) is 0 Å². The lowest BCUT2D eigenvalue weighted by molar-refractivity contribution is -0.383. The van der Waals surface area contributed by atoms with E-state index in [0.29, 0.717) is 23.6 Å². The van der Waals surface area contributed by atoms with Crippen molar-refractivity contribution in [2.45, 2.75) is 51.6 Å². The van der Waals surface area contributed by atoms with Crippen LogP contribution in [-0.4, -0.2) is 36.0 Å². The van der Waals surface area contributed by atoms with Crippen molar-refractivity contribution < 1.29 is 27.6 Å². The van der Waals surface area contributed by atoms with E-state index in [9.17, 15) is 28.1 Å². The minimum Gasteiger partial charge on any atom is -0.416 e. The molecule has 2 aromatic carbocycles. The van der Waals surface area contributed by atoms with Crippen LogP contribution in [0.3, 0.4) is 0 Å². The maximum atomic E-state index is 12.6. The molecular formula is C29H28Cl3F3N6O4S. The van der Waals surface area contributed by atoms with Gasteiger partial charge in [-0.3, -0.25) is 10.1 Å². The van der Waals surface area contributed by atoms with Crippen LogP contribution < -0.4 is 10.5 Å². The molecule has 0 atom stereocenters. The number of hydrogen-bond donors (Lipinski definition) is 1. The summed E-state index contributed by atoms with van der Waals surface area (Å²) < 4.78 is 44.1. The summed E-state index contributed by atoms with van der Waals surface area (Å²) in [5.41, 5.74) is 5.12. The molecule has 17 heteroatoms. The third-order valence-electron chi connectivity index (χ3n) is 6.23. The molecule has 0 bridgehead atoms. The Labute approximate surface area is 281 Å². The van der Waals surface area contributed by atoms with Gasteiger partial charge in [0.1, 0.15) is 17.6 Å². The summed E-state index contributed by atoms with van der Waals surface area (Å²) in [5.74, 6) is 0.702. The summed E-state index contributed by atoms with van der Waals surface area (Å²) in [6.07, 6.45) is 3.41. The van der Waals surface area contributed by atoms with Crippen LogP contribution in [0.25, 0.3) is 16.9 Å². The van der Waals surface area contributed by atoms with Crippen LogP contribution >= 0.6 is 46.6 Å². The van der Waals surface area contributed by atoms with Gasteiger partial charge in [0.25, 0.3) is 0 Å². The van der Waals surface area contributed by atoms with Crippen molar-refractivity contribution in [1.82, 2.24) is 20.0 Å². The second-order valence-electron chi connectivity index (χ2n) is 9.58. The van der Waals surface area contributed by atoms with E-state index in [1.807, 2.05) is 30.3 Å². The number of nitrogen functional groups attached to an aromatic ring is 1. The van der Waals surface area contributed by atoms with Crippen LogP contribution in [0.1, 0.15) is 51.0 Å². The number of alkyl halides is 3. The van der Waals surface area contributed by atoms with Gasteiger partial charge in [0, 0.05) is 17.4 Å². The topological polar surface area (TPSA) is 139 Å². The van der Waals surface area contributed by atoms with Gasteiger partial charge in [-0.25, -0.2) is 9.48 Å². The summed E-state index contributed by atoms with van der Waals surface area (Å²) in [5, 5.41) is 21.3. The summed E-state index contributed by atoms with van der Waals surface area (Å²) in [4.78, 5) is 22.0. The number of hydrogen-bond acceptors (Lipinski definition) is 9. The number of nitrogens with two attached hydrogens (primary N) is 1. The van der Waals surface area contributed by atoms with Crippen LogP contribution in [0.5, 0.6) is 5.75 Å². The Balaban J connectivity index is 0.000000254. The standard InChI is InChI=1S/C19H23ClN2O2S.C10H5Cl2F3N4O2/c1-2-3-4-5-6-10-13-25-19(23)24-16-14-17(20)21-22-18(16)15-11-8-7-9-12-15;11-5-1-4(10(13,14)15)2-6(12)8(5)18-9(16)7(3-17-18)19(20)21/h7-9,11-12,14H,2-6,10,13H2,1H3;1-3H,16H2. The highest BCUT2D eigenvalue weighted by Crippen LogP contribution is 2.39. The second-order valence-corrected chi connectivity index (χ2v) is 11.8. The van der Waals surface area contributed by atoms with Crippen LogP contribution in [0.2, 0.25) is 15.2 Å². The van der Waals surface area contributed by atoms with Crippen molar-refractivity contribution in [3.8, 4) is 22.7 Å². The molecule has 2 aromatic heterocycles. The minimum atomic E-state index is -4.63. The number of aromatic nitrogens is 4. The quantitative estimate of drug-likeness (QED) is 0.0694. The predicted octanol–water partition coefficient (Wildman–Crippen LogP) is 10.1. The summed E-state index contributed by atoms with van der Waals surface area (Å²) in [6, 6.07) is 12.3. The van der Waals surface area contributed by atoms with E-state index in [1.165, 1.54) is 43.5 Å². The number of benzene rings is 2. The Bertz CT molecular complexity index is 1620. The summed E-state index contributed by atoms with van der Waals surface area (Å²) in [7, 11) is 0. The molecule has 0 aliphatic carbocycles. The number of rotatable bonds is 11. The molecular weight excluding hydrogens is 692 g/mol. The molecule has 0 saturated heterocycles. The van der Waals surface area contributed by atoms with Crippen molar-refractivity contribution in [3.05, 3.63) is 85.6 Å². The van der Waals surface area contributed by atoms with Crippen LogP contribution in [-0.2, 0) is 6.18 Å². The largest absolute Gasteiger partial charge is 0.416 e. The van der Waals surface area contributed by atoms with Gasteiger partial charge < -0.3 is 10.5 Å². The van der Waals surface area contributed by atoms with E-state index in [4.69, 9.17) is 45.3 Å². The molecule has 0 radical (unpaired) electrons. The van der Waals surface area contributed by atoms with E-state index in [-0.39, 0.29) is 26.2 Å². The zero-order valence-electron chi connectivity index (χ0n) is 24.3. The predicted molar refractivity (Wildman–Crippen MR) is 174 cm³/mol. The monoisotopic (exact) mass is 718 g/mol. The first kappa shape index (κ1) is 36.9. The van der Waals surface area contributed by atoms with E-state index in [2.05, 4.69) is 22.2 Å². The Hall–Kier alpha value is -3.59. The molecule has 0 aliphatic rings. The Kier molecular flexibility index (Phi) is 13.9. The summed E-state index contributed by atoms with van der Waals surface area (Å²) >= 11 is 18.6. The number of anilines is 1. The fraction of sp³-hybridized carbons (Fsp3) is 0.310. The molecule has 4 rings (SSSR count). The lowest BCUT2D eigenvalue weighted by Gasteiger charge is -2.12. The number of nitro groups is 1.